The van der Waals surface area contributed by atoms with Crippen LogP contribution in [0.25, 0.3) is 0 Å². The molecule has 164 valence electrons. The van der Waals surface area contributed by atoms with E-state index < -0.39 is 5.97 Å². The predicted molar refractivity (Wildman–Crippen MR) is 126 cm³/mol. The van der Waals surface area contributed by atoms with E-state index in [0.717, 1.165) is 20.6 Å². The third kappa shape index (κ3) is 6.29. The molecule has 3 amide bonds. The minimum Gasteiger partial charge on any atom is -0.481 e. The molecule has 9 nitrogen and oxygen atoms in total. The third-order valence-electron chi connectivity index (χ3n) is 4.95. The summed E-state index contributed by atoms with van der Waals surface area (Å²) in [5.74, 6) is -0.420. The molecule has 31 heavy (non-hydrogen) atoms. The number of carbonyl (C=O) groups is 3. The van der Waals surface area contributed by atoms with Crippen molar-refractivity contribution in [3.63, 3.8) is 0 Å². The highest BCUT2D eigenvalue weighted by molar-refractivity contribution is 14.1. The Hall–Kier alpha value is -2.89. The van der Waals surface area contributed by atoms with Gasteiger partial charge in [-0.05, 0) is 59.3 Å². The Morgan fingerprint density at radius 3 is 2.48 bits per heavy atom. The topological polar surface area (TPSA) is 115 Å². The first kappa shape index (κ1) is 22.8. The summed E-state index contributed by atoms with van der Waals surface area (Å²) in [6.45, 7) is 4.35. The van der Waals surface area contributed by atoms with Crippen molar-refractivity contribution in [3.8, 4) is 0 Å². The van der Waals surface area contributed by atoms with Gasteiger partial charge < -0.3 is 25.5 Å². The monoisotopic (exact) mass is 537 g/mol. The van der Waals surface area contributed by atoms with Gasteiger partial charge in [-0.2, -0.15) is 0 Å². The van der Waals surface area contributed by atoms with Gasteiger partial charge in [-0.3, -0.25) is 9.59 Å². The molecule has 1 aliphatic heterocycles. The van der Waals surface area contributed by atoms with Gasteiger partial charge in [0.1, 0.15) is 5.82 Å². The lowest BCUT2D eigenvalue weighted by Crippen LogP contribution is -2.52. The smallest absolute Gasteiger partial charge is 0.317 e. The van der Waals surface area contributed by atoms with E-state index in [4.69, 9.17) is 5.11 Å². The molecule has 1 aromatic heterocycles. The zero-order valence-electron chi connectivity index (χ0n) is 17.1. The van der Waals surface area contributed by atoms with Gasteiger partial charge in [-0.1, -0.05) is 6.07 Å². The van der Waals surface area contributed by atoms with Crippen molar-refractivity contribution in [2.24, 2.45) is 0 Å². The molecule has 10 heteroatoms. The molecule has 0 saturated carbocycles. The van der Waals surface area contributed by atoms with Crippen LogP contribution in [0.4, 0.5) is 16.3 Å². The van der Waals surface area contributed by atoms with Crippen molar-refractivity contribution in [1.82, 2.24) is 15.2 Å². The van der Waals surface area contributed by atoms with Crippen LogP contribution < -0.4 is 15.5 Å². The number of carboxylic acids is 1. The molecular weight excluding hydrogens is 513 g/mol. The molecule has 0 aliphatic carbocycles. The standard InChI is InChI=1S/C21H24IN5O4/c1-14-2-4-16(12-17(14)22)25-20(30)15-3-5-18(24-13-15)26-8-10-27(11-9-26)21(31)23-7-6-19(28)29/h2-5,12-13H,6-11H2,1H3,(H,23,31)(H,25,30)(H,28,29). The Labute approximate surface area is 194 Å². The molecular formula is C21H24IN5O4. The van der Waals surface area contributed by atoms with E-state index in [0.29, 0.717) is 31.7 Å². The molecule has 0 spiro atoms. The number of piperazine rings is 1. The van der Waals surface area contributed by atoms with Crippen molar-refractivity contribution in [2.45, 2.75) is 13.3 Å². The predicted octanol–water partition coefficient (Wildman–Crippen LogP) is 2.55. The van der Waals surface area contributed by atoms with Crippen LogP contribution in [0.15, 0.2) is 36.5 Å². The minimum atomic E-state index is -0.943. The van der Waals surface area contributed by atoms with E-state index >= 15 is 0 Å². The van der Waals surface area contributed by atoms with Crippen LogP contribution in [-0.2, 0) is 4.79 Å². The first-order valence-corrected chi connectivity index (χ1v) is 10.9. The zero-order valence-corrected chi connectivity index (χ0v) is 19.3. The number of carboxylic acid groups (broad SMARTS) is 1. The fourth-order valence-electron chi connectivity index (χ4n) is 3.11. The first-order chi connectivity index (χ1) is 14.8. The molecule has 1 fully saturated rings. The number of hydrogen-bond acceptors (Lipinski definition) is 5. The molecule has 3 rings (SSSR count). The number of halogens is 1. The quantitative estimate of drug-likeness (QED) is 0.489. The number of rotatable bonds is 6. The van der Waals surface area contributed by atoms with Gasteiger partial charge in [0.15, 0.2) is 0 Å². The first-order valence-electron chi connectivity index (χ1n) is 9.86. The van der Waals surface area contributed by atoms with Crippen LogP contribution in [-0.4, -0.2) is 65.6 Å². The lowest BCUT2D eigenvalue weighted by atomic mass is 10.2. The van der Waals surface area contributed by atoms with E-state index in [1.165, 1.54) is 0 Å². The van der Waals surface area contributed by atoms with Gasteiger partial charge in [0, 0.05) is 48.2 Å². The number of benzene rings is 1. The number of aromatic nitrogens is 1. The summed E-state index contributed by atoms with van der Waals surface area (Å²) in [5, 5.41) is 14.1. The molecule has 1 saturated heterocycles. The van der Waals surface area contributed by atoms with E-state index in [1.807, 2.05) is 30.0 Å². The van der Waals surface area contributed by atoms with Crippen LogP contribution in [0.5, 0.6) is 0 Å². The molecule has 0 unspecified atom stereocenters. The summed E-state index contributed by atoms with van der Waals surface area (Å²) in [6, 6.07) is 9.04. The van der Waals surface area contributed by atoms with Crippen LogP contribution in [0.3, 0.4) is 0 Å². The maximum atomic E-state index is 12.5. The number of urea groups is 1. The molecule has 2 aromatic rings. The number of hydrogen-bond donors (Lipinski definition) is 3. The maximum Gasteiger partial charge on any atom is 0.317 e. The molecule has 1 aromatic carbocycles. The Kier molecular flexibility index (Phi) is 7.66. The number of nitrogens with one attached hydrogen (secondary N) is 2. The summed E-state index contributed by atoms with van der Waals surface area (Å²) in [5.41, 5.74) is 2.36. The van der Waals surface area contributed by atoms with Gasteiger partial charge in [-0.25, -0.2) is 9.78 Å². The molecule has 0 radical (unpaired) electrons. The highest BCUT2D eigenvalue weighted by Crippen LogP contribution is 2.19. The van der Waals surface area contributed by atoms with Gasteiger partial charge in [0.05, 0.1) is 12.0 Å². The van der Waals surface area contributed by atoms with Crippen LogP contribution in [0, 0.1) is 10.5 Å². The van der Waals surface area contributed by atoms with Crippen molar-refractivity contribution >= 4 is 52.0 Å². The van der Waals surface area contributed by atoms with Crippen molar-refractivity contribution in [1.29, 1.82) is 0 Å². The summed E-state index contributed by atoms with van der Waals surface area (Å²) in [6.07, 6.45) is 1.45. The van der Waals surface area contributed by atoms with Gasteiger partial charge in [-0.15, -0.1) is 0 Å². The number of carbonyl (C=O) groups excluding carboxylic acids is 2. The summed E-state index contributed by atoms with van der Waals surface area (Å²) in [7, 11) is 0. The number of pyridine rings is 1. The van der Waals surface area contributed by atoms with Crippen LogP contribution in [0.1, 0.15) is 22.3 Å². The Bertz CT molecular complexity index is 959. The molecule has 2 heterocycles. The second-order valence-electron chi connectivity index (χ2n) is 7.17. The van der Waals surface area contributed by atoms with Crippen molar-refractivity contribution in [3.05, 3.63) is 51.2 Å². The number of aliphatic carboxylic acids is 1. The Morgan fingerprint density at radius 2 is 1.87 bits per heavy atom. The Balaban J connectivity index is 1.51. The third-order valence-corrected chi connectivity index (χ3v) is 6.11. The summed E-state index contributed by atoms with van der Waals surface area (Å²) < 4.78 is 1.08. The SMILES string of the molecule is Cc1ccc(NC(=O)c2ccc(N3CCN(C(=O)NCCC(=O)O)CC3)nc2)cc1I. The molecule has 0 bridgehead atoms. The number of aryl methyl sites for hydroxylation is 1. The van der Waals surface area contributed by atoms with Crippen LogP contribution >= 0.6 is 22.6 Å². The lowest BCUT2D eigenvalue weighted by Gasteiger charge is -2.35. The summed E-state index contributed by atoms with van der Waals surface area (Å²) in [4.78, 5) is 43.2. The zero-order chi connectivity index (χ0) is 22.4. The largest absolute Gasteiger partial charge is 0.481 e. The van der Waals surface area contributed by atoms with E-state index in [1.54, 1.807) is 23.2 Å². The van der Waals surface area contributed by atoms with Gasteiger partial charge in [0.25, 0.3) is 5.91 Å². The lowest BCUT2D eigenvalue weighted by molar-refractivity contribution is -0.136. The number of anilines is 2. The second kappa shape index (κ2) is 10.4. The highest BCUT2D eigenvalue weighted by Gasteiger charge is 2.22. The molecule has 3 N–H and O–H groups in total. The van der Waals surface area contributed by atoms with Gasteiger partial charge >= 0.3 is 12.0 Å². The average Bonchev–Trinajstić information content (AvgIpc) is 2.76. The normalized spacial score (nSPS) is 13.6. The second-order valence-corrected chi connectivity index (χ2v) is 8.34. The Morgan fingerprint density at radius 1 is 1.13 bits per heavy atom. The summed E-state index contributed by atoms with van der Waals surface area (Å²) >= 11 is 2.23. The maximum absolute atomic E-state index is 12.5. The highest BCUT2D eigenvalue weighted by atomic mass is 127. The van der Waals surface area contributed by atoms with E-state index in [-0.39, 0.29) is 24.9 Å². The van der Waals surface area contributed by atoms with Crippen molar-refractivity contribution in [2.75, 3.05) is 42.9 Å². The van der Waals surface area contributed by atoms with Gasteiger partial charge in [0.2, 0.25) is 0 Å². The fraction of sp³-hybridized carbons (Fsp3) is 0.333. The minimum absolute atomic E-state index is 0.0985. The average molecular weight is 537 g/mol. The number of amides is 3. The number of nitrogens with zero attached hydrogens (tertiary/aromatic N) is 3. The van der Waals surface area contributed by atoms with E-state index in [2.05, 4.69) is 38.2 Å². The van der Waals surface area contributed by atoms with Crippen molar-refractivity contribution < 1.29 is 19.5 Å². The molecule has 1 aliphatic rings. The van der Waals surface area contributed by atoms with Crippen LogP contribution in [0.2, 0.25) is 0 Å². The van der Waals surface area contributed by atoms with E-state index in [9.17, 15) is 14.4 Å². The fourth-order valence-corrected chi connectivity index (χ4v) is 3.62. The molecule has 0 atom stereocenters.